The van der Waals surface area contributed by atoms with E-state index < -0.39 is 12.1 Å². The number of aryl methyl sites for hydroxylation is 2. The smallest absolute Gasteiger partial charge is 0.407 e. The Labute approximate surface area is 367 Å². The van der Waals surface area contributed by atoms with Gasteiger partial charge >= 0.3 is 6.09 Å². The number of nitriles is 1. The molecule has 0 saturated carbocycles. The minimum Gasteiger partial charge on any atom is -0.471 e. The SMILES string of the molecule is CCC(C)[C@H](NC)C(=O)N1CCC[C@H]1c1ncc(-c2ccc3c(c2)c(C#N)c2n3CCc3cc(-c4cnc([C@@H]5CCCN5C(=O)[C@@H](NC(=O)OC)C(C)C)[nH]4)ccc3-2)[nH]1.COC=O. The van der Waals surface area contributed by atoms with Gasteiger partial charge in [-0.25, -0.2) is 14.8 Å². The lowest BCUT2D eigenvalue weighted by molar-refractivity contribution is -0.136. The molecule has 8 rings (SSSR count). The summed E-state index contributed by atoms with van der Waals surface area (Å²) in [6.45, 7) is 10.4. The number of nitrogens with zero attached hydrogens (tertiary/aromatic N) is 6. The van der Waals surface area contributed by atoms with E-state index in [-0.39, 0.29) is 41.8 Å². The molecule has 0 bridgehead atoms. The molecule has 0 spiro atoms. The van der Waals surface area contributed by atoms with Crippen molar-refractivity contribution in [2.45, 2.75) is 96.9 Å². The molecule has 0 aliphatic carbocycles. The molecule has 1 unspecified atom stereocenters. The molecule has 16 heteroatoms. The summed E-state index contributed by atoms with van der Waals surface area (Å²) in [5, 5.41) is 17.5. The Bertz CT molecular complexity index is 2510. The summed E-state index contributed by atoms with van der Waals surface area (Å²) in [5.41, 5.74) is 8.39. The van der Waals surface area contributed by atoms with Crippen LogP contribution in [-0.4, -0.2) is 105 Å². The predicted octanol–water partition coefficient (Wildman–Crippen LogP) is 6.65. The minimum absolute atomic E-state index is 0.105. The Balaban J connectivity index is 0.00000143. The van der Waals surface area contributed by atoms with Crippen LogP contribution in [-0.2, 0) is 36.8 Å². The lowest BCUT2D eigenvalue weighted by Gasteiger charge is -2.30. The normalized spacial score (nSPS) is 18.1. The summed E-state index contributed by atoms with van der Waals surface area (Å²) in [6, 6.07) is 13.9. The van der Waals surface area contributed by atoms with E-state index in [1.54, 1.807) is 0 Å². The zero-order valence-electron chi connectivity index (χ0n) is 37.2. The van der Waals surface area contributed by atoms with Crippen LogP contribution in [0.5, 0.6) is 0 Å². The lowest BCUT2D eigenvalue weighted by Crippen LogP contribution is -2.51. The largest absolute Gasteiger partial charge is 0.471 e. The molecule has 0 radical (unpaired) electrons. The summed E-state index contributed by atoms with van der Waals surface area (Å²) >= 11 is 0. The van der Waals surface area contributed by atoms with Crippen LogP contribution in [0, 0.1) is 23.2 Å². The van der Waals surface area contributed by atoms with Crippen molar-refractivity contribution >= 4 is 35.3 Å². The number of benzene rings is 2. The maximum absolute atomic E-state index is 13.7. The fraction of sp³-hybridized carbons (Fsp3) is 0.468. The number of amides is 3. The Kier molecular flexibility index (Phi) is 13.6. The number of rotatable bonds is 12. The molecule has 6 heterocycles. The Morgan fingerprint density at radius 3 is 2.03 bits per heavy atom. The van der Waals surface area contributed by atoms with Gasteiger partial charge in [0.25, 0.3) is 6.47 Å². The Morgan fingerprint density at radius 1 is 0.905 bits per heavy atom. The molecular weight excluding hydrogens is 801 g/mol. The summed E-state index contributed by atoms with van der Waals surface area (Å²) < 4.78 is 10.9. The molecule has 3 aliphatic heterocycles. The minimum atomic E-state index is -0.700. The number of likely N-dealkylation sites (tertiary alicyclic amines) is 2. The molecule has 16 nitrogen and oxygen atoms in total. The van der Waals surface area contributed by atoms with E-state index in [0.29, 0.717) is 30.9 Å². The highest BCUT2D eigenvalue weighted by atomic mass is 16.5. The van der Waals surface area contributed by atoms with Crippen molar-refractivity contribution in [1.82, 2.24) is 44.9 Å². The van der Waals surface area contributed by atoms with Gasteiger partial charge in [0, 0.05) is 41.7 Å². The van der Waals surface area contributed by atoms with E-state index in [1.807, 2.05) is 43.1 Å². The lowest BCUT2D eigenvalue weighted by atomic mass is 9.93. The molecule has 5 aromatic rings. The number of aromatic amines is 2. The van der Waals surface area contributed by atoms with Crippen LogP contribution in [0.15, 0.2) is 48.8 Å². The van der Waals surface area contributed by atoms with E-state index in [0.717, 1.165) is 101 Å². The number of carbonyl (C=O) groups is 4. The van der Waals surface area contributed by atoms with Crippen molar-refractivity contribution in [1.29, 1.82) is 5.26 Å². The van der Waals surface area contributed by atoms with Gasteiger partial charge in [-0.1, -0.05) is 52.3 Å². The number of nitrogens with one attached hydrogen (secondary N) is 4. The van der Waals surface area contributed by atoms with E-state index in [1.165, 1.54) is 14.2 Å². The van der Waals surface area contributed by atoms with Crippen LogP contribution in [0.4, 0.5) is 4.79 Å². The molecule has 2 fully saturated rings. The number of aromatic nitrogens is 5. The topological polar surface area (TPSA) is 203 Å². The number of carbonyl (C=O) groups excluding carboxylic acids is 4. The molecule has 3 aliphatic rings. The second-order valence-corrected chi connectivity index (χ2v) is 16.9. The first kappa shape index (κ1) is 44.6. The van der Waals surface area contributed by atoms with Crippen molar-refractivity contribution in [3.8, 4) is 39.8 Å². The van der Waals surface area contributed by atoms with Crippen molar-refractivity contribution in [2.24, 2.45) is 11.8 Å². The van der Waals surface area contributed by atoms with Gasteiger partial charge in [0.15, 0.2) is 0 Å². The highest BCUT2D eigenvalue weighted by molar-refractivity contribution is 5.98. The molecule has 4 N–H and O–H groups in total. The van der Waals surface area contributed by atoms with Gasteiger partial charge < -0.3 is 44.4 Å². The number of imidazole rings is 2. The maximum Gasteiger partial charge on any atom is 0.407 e. The average molecular weight is 859 g/mol. The third-order valence-electron chi connectivity index (χ3n) is 12.9. The maximum atomic E-state index is 13.7. The second-order valence-electron chi connectivity index (χ2n) is 16.9. The molecule has 332 valence electrons. The van der Waals surface area contributed by atoms with Crippen molar-refractivity contribution < 1.29 is 28.7 Å². The zero-order valence-corrected chi connectivity index (χ0v) is 37.2. The predicted molar refractivity (Wildman–Crippen MR) is 238 cm³/mol. The molecule has 3 aromatic heterocycles. The van der Waals surface area contributed by atoms with Gasteiger partial charge in [0.1, 0.15) is 23.8 Å². The van der Waals surface area contributed by atoms with Gasteiger partial charge in [-0.3, -0.25) is 14.4 Å². The van der Waals surface area contributed by atoms with Crippen molar-refractivity contribution in [2.75, 3.05) is 34.4 Å². The molecule has 2 saturated heterocycles. The number of alkyl carbamates (subject to hydrolysis) is 1. The van der Waals surface area contributed by atoms with E-state index in [4.69, 9.17) is 19.5 Å². The van der Waals surface area contributed by atoms with E-state index in [9.17, 15) is 19.6 Å². The van der Waals surface area contributed by atoms with Crippen molar-refractivity contribution in [3.63, 3.8) is 0 Å². The summed E-state index contributed by atoms with van der Waals surface area (Å²) in [6.07, 6.45) is 8.16. The Hall–Kier alpha value is -6.47. The van der Waals surface area contributed by atoms with Crippen LogP contribution in [0.3, 0.4) is 0 Å². The van der Waals surface area contributed by atoms with Gasteiger partial charge in [-0.05, 0) is 80.3 Å². The highest BCUT2D eigenvalue weighted by Crippen LogP contribution is 2.42. The summed E-state index contributed by atoms with van der Waals surface area (Å²) in [4.78, 5) is 68.7. The molecular formula is C47H58N10O6. The monoisotopic (exact) mass is 858 g/mol. The highest BCUT2D eigenvalue weighted by Gasteiger charge is 2.39. The molecule has 2 aromatic carbocycles. The fourth-order valence-electron chi connectivity index (χ4n) is 9.46. The van der Waals surface area contributed by atoms with Crippen molar-refractivity contribution in [3.05, 3.63) is 71.6 Å². The molecule has 3 amide bonds. The third-order valence-corrected chi connectivity index (χ3v) is 12.9. The number of ether oxygens (including phenoxy) is 2. The van der Waals surface area contributed by atoms with Crippen LogP contribution in [0.1, 0.15) is 94.7 Å². The standard InChI is InChI=1S/C45H54N10O4.C2H4O2/c1-7-26(4)39(47-5)44(57)55-18-9-11-37(55)42-49-24-34(51-42)29-13-15-35-31(21-29)32(22-46)40-30-14-12-28(20-27(30)16-19-53(35)40)33-23-48-41(50-33)36-10-8-17-54(36)43(56)38(25(2)3)52-45(58)59-6;1-4-2-3/h12-15,20-21,23-26,36-39,47H,7-11,16-19H2,1-6H3,(H,48,50)(H,49,51)(H,52,58);2H,1H3/t26?,36-,37-,38-,39-;/m0./s1. The summed E-state index contributed by atoms with van der Waals surface area (Å²) in [7, 11) is 4.46. The van der Waals surface area contributed by atoms with Gasteiger partial charge in [-0.15, -0.1) is 0 Å². The fourth-order valence-corrected chi connectivity index (χ4v) is 9.46. The first-order chi connectivity index (χ1) is 30.5. The van der Waals surface area contributed by atoms with Gasteiger partial charge in [-0.2, -0.15) is 5.26 Å². The molecule has 63 heavy (non-hydrogen) atoms. The summed E-state index contributed by atoms with van der Waals surface area (Å²) in [5.74, 6) is 1.60. The number of hydrogen-bond acceptors (Lipinski definition) is 10. The van der Waals surface area contributed by atoms with E-state index in [2.05, 4.69) is 86.2 Å². The van der Waals surface area contributed by atoms with Crippen LogP contribution in [0.25, 0.3) is 44.7 Å². The van der Waals surface area contributed by atoms with Crippen LogP contribution >= 0.6 is 0 Å². The number of hydrogen-bond donors (Lipinski definition) is 4. The number of methoxy groups -OCH3 is 2. The van der Waals surface area contributed by atoms with E-state index >= 15 is 0 Å². The third kappa shape index (κ3) is 8.66. The second kappa shape index (κ2) is 19.3. The van der Waals surface area contributed by atoms with Gasteiger partial charge in [0.2, 0.25) is 11.8 Å². The van der Waals surface area contributed by atoms with Crippen LogP contribution < -0.4 is 10.6 Å². The number of fused-ring (bicyclic) bond motifs is 5. The first-order valence-electron chi connectivity index (χ1n) is 21.9. The number of likely N-dealkylation sites (N-methyl/N-ethyl adjacent to an activating group) is 1. The first-order valence-corrected chi connectivity index (χ1v) is 21.9. The average Bonchev–Trinajstić information content (AvgIpc) is 4.16. The zero-order chi connectivity index (χ0) is 44.9. The van der Waals surface area contributed by atoms with Crippen LogP contribution in [0.2, 0.25) is 0 Å². The quantitative estimate of drug-likeness (QED) is 0.0985. The molecule has 5 atom stereocenters. The van der Waals surface area contributed by atoms with Gasteiger partial charge in [0.05, 0.1) is 67.4 Å². The number of H-pyrrole nitrogens is 2. The Morgan fingerprint density at radius 2 is 1.49 bits per heavy atom.